The highest BCUT2D eigenvalue weighted by Gasteiger charge is 2.44. The monoisotopic (exact) mass is 359 g/mol. The summed E-state index contributed by atoms with van der Waals surface area (Å²) in [5.74, 6) is -1.36. The number of Topliss-reactive ketones (excluding diaryl/α,β-unsaturated/α-hetero) is 1. The minimum absolute atomic E-state index is 0.0774. The molecule has 2 aliphatic rings. The first-order chi connectivity index (χ1) is 11.9. The van der Waals surface area contributed by atoms with E-state index in [0.29, 0.717) is 22.7 Å². The Morgan fingerprint density at radius 1 is 1.36 bits per heavy atom. The zero-order valence-electron chi connectivity index (χ0n) is 14.5. The fourth-order valence-electron chi connectivity index (χ4n) is 3.64. The van der Waals surface area contributed by atoms with Gasteiger partial charge in [0.05, 0.1) is 6.10 Å². The average molecular weight is 360 g/mol. The molecule has 0 radical (unpaired) electrons. The largest absolute Gasteiger partial charge is 0.462 e. The molecule has 2 atom stereocenters. The van der Waals surface area contributed by atoms with Crippen LogP contribution in [0.2, 0.25) is 5.02 Å². The van der Waals surface area contributed by atoms with Crippen LogP contribution in [0.5, 0.6) is 0 Å². The van der Waals surface area contributed by atoms with Crippen molar-refractivity contribution in [3.05, 3.63) is 58.4 Å². The topological polar surface area (TPSA) is 55.4 Å². The van der Waals surface area contributed by atoms with E-state index >= 15 is 0 Å². The number of halogens is 1. The van der Waals surface area contributed by atoms with Gasteiger partial charge in [0, 0.05) is 34.3 Å². The van der Waals surface area contributed by atoms with Crippen LogP contribution >= 0.6 is 11.6 Å². The van der Waals surface area contributed by atoms with Gasteiger partial charge in [-0.1, -0.05) is 30.3 Å². The number of benzene rings is 1. The summed E-state index contributed by atoms with van der Waals surface area (Å²) in [7, 11) is 0. The molecule has 1 heterocycles. The Labute approximate surface area is 152 Å². The van der Waals surface area contributed by atoms with E-state index in [9.17, 15) is 9.59 Å². The van der Waals surface area contributed by atoms with Gasteiger partial charge in [-0.3, -0.25) is 9.59 Å². The second kappa shape index (κ2) is 7.04. The molecule has 0 spiro atoms. The molecule has 2 unspecified atom stereocenters. The van der Waals surface area contributed by atoms with Crippen LogP contribution in [0.25, 0.3) is 0 Å². The number of carbonyl (C=O) groups excluding carboxylic acids is 2. The van der Waals surface area contributed by atoms with E-state index in [1.807, 2.05) is 32.0 Å². The van der Waals surface area contributed by atoms with Crippen LogP contribution in [0.15, 0.2) is 47.8 Å². The molecular weight excluding hydrogens is 338 g/mol. The van der Waals surface area contributed by atoms with E-state index in [2.05, 4.69) is 11.9 Å². The van der Waals surface area contributed by atoms with Crippen molar-refractivity contribution >= 4 is 23.4 Å². The summed E-state index contributed by atoms with van der Waals surface area (Å²) in [5, 5.41) is 3.77. The Morgan fingerprint density at radius 2 is 2.12 bits per heavy atom. The number of ketones is 1. The molecule has 5 heteroatoms. The van der Waals surface area contributed by atoms with Crippen molar-refractivity contribution in [2.24, 2.45) is 5.92 Å². The Bertz CT molecular complexity index is 766. The fraction of sp³-hybridized carbons (Fsp3) is 0.400. The smallest absolute Gasteiger partial charge is 0.316 e. The highest BCUT2D eigenvalue weighted by molar-refractivity contribution is 6.30. The van der Waals surface area contributed by atoms with Crippen molar-refractivity contribution in [3.8, 4) is 0 Å². The van der Waals surface area contributed by atoms with Gasteiger partial charge in [0.1, 0.15) is 5.92 Å². The lowest BCUT2D eigenvalue weighted by Crippen LogP contribution is -2.41. The van der Waals surface area contributed by atoms with Gasteiger partial charge in [0.2, 0.25) is 0 Å². The van der Waals surface area contributed by atoms with Crippen LogP contribution in [-0.2, 0) is 14.3 Å². The first-order valence-corrected chi connectivity index (χ1v) is 8.94. The first kappa shape index (κ1) is 17.7. The third-order valence-corrected chi connectivity index (χ3v) is 4.84. The predicted molar refractivity (Wildman–Crippen MR) is 97.1 cm³/mol. The third kappa shape index (κ3) is 3.49. The highest BCUT2D eigenvalue weighted by atomic mass is 35.5. The number of esters is 1. The highest BCUT2D eigenvalue weighted by Crippen LogP contribution is 2.44. The Hall–Kier alpha value is -2.07. The maximum atomic E-state index is 12.8. The molecule has 0 saturated heterocycles. The van der Waals surface area contributed by atoms with Crippen molar-refractivity contribution < 1.29 is 14.3 Å². The first-order valence-electron chi connectivity index (χ1n) is 8.56. The number of carbonyl (C=O) groups is 2. The van der Waals surface area contributed by atoms with Gasteiger partial charge >= 0.3 is 5.97 Å². The number of nitrogens with one attached hydrogen (secondary N) is 1. The van der Waals surface area contributed by atoms with Crippen LogP contribution in [0, 0.1) is 5.92 Å². The molecule has 25 heavy (non-hydrogen) atoms. The van der Waals surface area contributed by atoms with Gasteiger partial charge in [-0.15, -0.1) is 0 Å². The fourth-order valence-corrected chi connectivity index (χ4v) is 3.84. The summed E-state index contributed by atoms with van der Waals surface area (Å²) < 4.78 is 5.45. The second-order valence-electron chi connectivity index (χ2n) is 6.82. The normalized spacial score (nSPS) is 23.4. The lowest BCUT2D eigenvalue weighted by molar-refractivity contribution is -0.151. The lowest BCUT2D eigenvalue weighted by atomic mass is 9.71. The standard InChI is InChI=1S/C20H22ClNO3/c1-11(2)25-20(24)17-12(3)22-15-8-5-9-16(23)19(15)18(17)13-6-4-7-14(21)10-13/h4,6-7,10-11,17-18,22H,3,5,8-9H2,1-2H3. The van der Waals surface area contributed by atoms with E-state index < -0.39 is 11.8 Å². The molecule has 132 valence electrons. The van der Waals surface area contributed by atoms with Crippen molar-refractivity contribution in [3.63, 3.8) is 0 Å². The minimum Gasteiger partial charge on any atom is -0.462 e. The maximum absolute atomic E-state index is 12.8. The van der Waals surface area contributed by atoms with Gasteiger partial charge in [-0.05, 0) is 44.4 Å². The number of rotatable bonds is 3. The van der Waals surface area contributed by atoms with Gasteiger partial charge in [0.25, 0.3) is 0 Å². The molecule has 1 N–H and O–H groups in total. The van der Waals surface area contributed by atoms with E-state index in [1.165, 1.54) is 0 Å². The van der Waals surface area contributed by atoms with Crippen LogP contribution in [0.4, 0.5) is 0 Å². The Morgan fingerprint density at radius 3 is 2.80 bits per heavy atom. The van der Waals surface area contributed by atoms with Crippen LogP contribution in [-0.4, -0.2) is 17.9 Å². The van der Waals surface area contributed by atoms with Gasteiger partial charge in [0.15, 0.2) is 5.78 Å². The van der Waals surface area contributed by atoms with E-state index in [-0.39, 0.29) is 17.9 Å². The SMILES string of the molecule is C=C1NC2=C(C(=O)CCC2)C(c2cccc(Cl)c2)C1C(=O)OC(C)C. The molecule has 0 bridgehead atoms. The minimum atomic E-state index is -0.651. The summed E-state index contributed by atoms with van der Waals surface area (Å²) in [4.78, 5) is 25.5. The molecule has 4 nitrogen and oxygen atoms in total. The number of hydrogen-bond donors (Lipinski definition) is 1. The summed E-state index contributed by atoms with van der Waals surface area (Å²) in [5.41, 5.74) is 2.96. The third-order valence-electron chi connectivity index (χ3n) is 4.60. The molecule has 0 saturated carbocycles. The van der Waals surface area contributed by atoms with Gasteiger partial charge in [-0.25, -0.2) is 0 Å². The molecule has 0 fully saturated rings. The van der Waals surface area contributed by atoms with E-state index in [4.69, 9.17) is 16.3 Å². The Kier molecular flexibility index (Phi) is 5.00. The summed E-state index contributed by atoms with van der Waals surface area (Å²) in [6, 6.07) is 7.32. The number of ether oxygens (including phenoxy) is 1. The number of hydrogen-bond acceptors (Lipinski definition) is 4. The molecule has 1 aromatic rings. The maximum Gasteiger partial charge on any atom is 0.316 e. The van der Waals surface area contributed by atoms with Crippen molar-refractivity contribution in [1.82, 2.24) is 5.32 Å². The molecule has 3 rings (SSSR count). The second-order valence-corrected chi connectivity index (χ2v) is 7.25. The van der Waals surface area contributed by atoms with Crippen molar-refractivity contribution in [1.29, 1.82) is 0 Å². The van der Waals surface area contributed by atoms with Crippen LogP contribution in [0.3, 0.4) is 0 Å². The zero-order valence-corrected chi connectivity index (χ0v) is 15.2. The van der Waals surface area contributed by atoms with Crippen LogP contribution < -0.4 is 5.32 Å². The molecule has 0 aromatic heterocycles. The van der Waals surface area contributed by atoms with Crippen molar-refractivity contribution in [2.45, 2.75) is 45.1 Å². The molecular formula is C20H22ClNO3. The van der Waals surface area contributed by atoms with Gasteiger partial charge < -0.3 is 10.1 Å². The number of allylic oxidation sites excluding steroid dienone is 2. The summed E-state index contributed by atoms with van der Waals surface area (Å²) in [6.45, 7) is 7.66. The average Bonchev–Trinajstić information content (AvgIpc) is 2.53. The van der Waals surface area contributed by atoms with Crippen LogP contribution in [0.1, 0.15) is 44.6 Å². The molecule has 1 aliphatic carbocycles. The zero-order chi connectivity index (χ0) is 18.1. The molecule has 0 amide bonds. The van der Waals surface area contributed by atoms with Gasteiger partial charge in [-0.2, -0.15) is 0 Å². The molecule has 1 aromatic carbocycles. The predicted octanol–water partition coefficient (Wildman–Crippen LogP) is 4.12. The molecule has 1 aliphatic heterocycles. The van der Waals surface area contributed by atoms with E-state index in [0.717, 1.165) is 24.1 Å². The van der Waals surface area contributed by atoms with Crippen molar-refractivity contribution in [2.75, 3.05) is 0 Å². The lowest BCUT2D eigenvalue weighted by Gasteiger charge is -2.38. The Balaban J connectivity index is 2.13. The summed E-state index contributed by atoms with van der Waals surface area (Å²) >= 11 is 6.17. The summed E-state index contributed by atoms with van der Waals surface area (Å²) in [6.07, 6.45) is 1.85. The van der Waals surface area contributed by atoms with E-state index in [1.54, 1.807) is 6.07 Å². The quantitative estimate of drug-likeness (QED) is 0.825.